The Morgan fingerprint density at radius 3 is 2.71 bits per heavy atom. The van der Waals surface area contributed by atoms with Crippen LogP contribution < -0.4 is 5.32 Å². The van der Waals surface area contributed by atoms with Gasteiger partial charge in [0.05, 0.1) is 12.6 Å². The molecule has 2 aromatic carbocycles. The topological polar surface area (TPSA) is 41.6 Å². The van der Waals surface area contributed by atoms with Crippen LogP contribution in [0.3, 0.4) is 0 Å². The van der Waals surface area contributed by atoms with Crippen LogP contribution in [0.1, 0.15) is 24.0 Å². The molecule has 0 aliphatic carbocycles. The first-order valence-corrected chi connectivity index (χ1v) is 8.43. The van der Waals surface area contributed by atoms with Gasteiger partial charge in [-0.25, -0.2) is 0 Å². The lowest BCUT2D eigenvalue weighted by Gasteiger charge is -2.24. The summed E-state index contributed by atoms with van der Waals surface area (Å²) in [6, 6.07) is 18.1. The molecule has 0 spiro atoms. The number of carbonyl (C=O) groups excluding carboxylic acids is 1. The SMILES string of the molecule is COCc1ccccc1NC(=O)C1CCCN1Cc1ccccc1. The third-order valence-corrected chi connectivity index (χ3v) is 4.47. The van der Waals surface area contributed by atoms with Crippen molar-refractivity contribution in [2.24, 2.45) is 0 Å². The number of para-hydroxylation sites is 1. The van der Waals surface area contributed by atoms with Gasteiger partial charge in [0.1, 0.15) is 0 Å². The first kappa shape index (κ1) is 16.7. The number of carbonyl (C=O) groups is 1. The maximum absolute atomic E-state index is 12.8. The molecule has 1 saturated heterocycles. The van der Waals surface area contributed by atoms with Crippen LogP contribution in [-0.4, -0.2) is 30.5 Å². The van der Waals surface area contributed by atoms with Gasteiger partial charge >= 0.3 is 0 Å². The summed E-state index contributed by atoms with van der Waals surface area (Å²) in [6.45, 7) is 2.28. The Kier molecular flexibility index (Phi) is 5.62. The molecule has 0 aromatic heterocycles. The number of nitrogens with one attached hydrogen (secondary N) is 1. The molecule has 2 aromatic rings. The molecule has 1 fully saturated rings. The summed E-state index contributed by atoms with van der Waals surface area (Å²) >= 11 is 0. The third-order valence-electron chi connectivity index (χ3n) is 4.47. The maximum atomic E-state index is 12.8. The molecule has 4 heteroatoms. The fourth-order valence-corrected chi connectivity index (χ4v) is 3.27. The lowest BCUT2D eigenvalue weighted by atomic mass is 10.1. The Morgan fingerprint density at radius 2 is 1.92 bits per heavy atom. The zero-order valence-electron chi connectivity index (χ0n) is 14.1. The van der Waals surface area contributed by atoms with E-state index in [-0.39, 0.29) is 11.9 Å². The van der Waals surface area contributed by atoms with E-state index in [4.69, 9.17) is 4.74 Å². The Morgan fingerprint density at radius 1 is 1.17 bits per heavy atom. The van der Waals surface area contributed by atoms with Gasteiger partial charge in [-0.3, -0.25) is 9.69 Å². The Bertz CT molecular complexity index is 672. The van der Waals surface area contributed by atoms with E-state index >= 15 is 0 Å². The second-order valence-electron chi connectivity index (χ2n) is 6.19. The highest BCUT2D eigenvalue weighted by Gasteiger charge is 2.30. The molecule has 4 nitrogen and oxygen atoms in total. The number of benzene rings is 2. The minimum atomic E-state index is -0.0687. The summed E-state index contributed by atoms with van der Waals surface area (Å²) in [4.78, 5) is 15.0. The van der Waals surface area contributed by atoms with Gasteiger partial charge in [0, 0.05) is 24.9 Å². The largest absolute Gasteiger partial charge is 0.380 e. The second kappa shape index (κ2) is 8.08. The summed E-state index contributed by atoms with van der Waals surface area (Å²) in [5.41, 5.74) is 3.09. The van der Waals surface area contributed by atoms with Crippen LogP contribution in [0.5, 0.6) is 0 Å². The van der Waals surface area contributed by atoms with E-state index in [1.807, 2.05) is 42.5 Å². The Hall–Kier alpha value is -2.17. The first-order valence-electron chi connectivity index (χ1n) is 8.43. The summed E-state index contributed by atoms with van der Waals surface area (Å²) < 4.78 is 5.21. The zero-order valence-corrected chi connectivity index (χ0v) is 14.1. The van der Waals surface area contributed by atoms with E-state index in [1.54, 1.807) is 7.11 Å². The van der Waals surface area contributed by atoms with Crippen molar-refractivity contribution in [3.05, 3.63) is 65.7 Å². The molecule has 3 rings (SSSR count). The van der Waals surface area contributed by atoms with E-state index in [1.165, 1.54) is 5.56 Å². The van der Waals surface area contributed by atoms with Crippen molar-refractivity contribution in [3.8, 4) is 0 Å². The van der Waals surface area contributed by atoms with E-state index < -0.39 is 0 Å². The molecule has 24 heavy (non-hydrogen) atoms. The predicted octanol–water partition coefficient (Wildman–Crippen LogP) is 3.44. The molecule has 126 valence electrons. The van der Waals surface area contributed by atoms with Crippen LogP contribution in [-0.2, 0) is 22.7 Å². The number of nitrogens with zero attached hydrogens (tertiary/aromatic N) is 1. The van der Waals surface area contributed by atoms with Gasteiger partial charge in [-0.15, -0.1) is 0 Å². The average Bonchev–Trinajstić information content (AvgIpc) is 3.06. The van der Waals surface area contributed by atoms with Crippen molar-refractivity contribution in [2.45, 2.75) is 32.0 Å². The number of anilines is 1. The van der Waals surface area contributed by atoms with Gasteiger partial charge in [-0.05, 0) is 31.0 Å². The number of hydrogen-bond donors (Lipinski definition) is 1. The number of amides is 1. The fraction of sp³-hybridized carbons (Fsp3) is 0.350. The van der Waals surface area contributed by atoms with Gasteiger partial charge in [0.25, 0.3) is 0 Å². The second-order valence-corrected chi connectivity index (χ2v) is 6.19. The van der Waals surface area contributed by atoms with Crippen molar-refractivity contribution < 1.29 is 9.53 Å². The summed E-state index contributed by atoms with van der Waals surface area (Å²) in [5, 5.41) is 3.09. The first-order chi connectivity index (χ1) is 11.8. The standard InChI is InChI=1S/C20H24N2O2/c1-24-15-17-10-5-6-11-18(17)21-20(23)19-12-7-13-22(19)14-16-8-3-2-4-9-16/h2-6,8-11,19H,7,12-15H2,1H3,(H,21,23). The maximum Gasteiger partial charge on any atom is 0.241 e. The van der Waals surface area contributed by atoms with Gasteiger partial charge in [0.2, 0.25) is 5.91 Å². The molecule has 1 aliphatic rings. The number of likely N-dealkylation sites (tertiary alicyclic amines) is 1. The van der Waals surface area contributed by atoms with Crippen molar-refractivity contribution in [1.29, 1.82) is 0 Å². The summed E-state index contributed by atoms with van der Waals surface area (Å²) in [7, 11) is 1.66. The smallest absolute Gasteiger partial charge is 0.241 e. The molecular formula is C20H24N2O2. The molecule has 1 heterocycles. The van der Waals surface area contributed by atoms with Crippen molar-refractivity contribution in [1.82, 2.24) is 4.90 Å². The number of methoxy groups -OCH3 is 1. The van der Waals surface area contributed by atoms with Gasteiger partial charge < -0.3 is 10.1 Å². The molecular weight excluding hydrogens is 300 g/mol. The normalized spacial score (nSPS) is 17.8. The monoisotopic (exact) mass is 324 g/mol. The number of ether oxygens (including phenoxy) is 1. The molecule has 1 N–H and O–H groups in total. The minimum absolute atomic E-state index is 0.0687. The van der Waals surface area contributed by atoms with Gasteiger partial charge in [-0.1, -0.05) is 48.5 Å². The molecule has 1 amide bonds. The molecule has 1 atom stereocenters. The third kappa shape index (κ3) is 4.02. The van der Waals surface area contributed by atoms with Crippen LogP contribution in [0, 0.1) is 0 Å². The zero-order chi connectivity index (χ0) is 16.8. The van der Waals surface area contributed by atoms with Crippen molar-refractivity contribution in [3.63, 3.8) is 0 Å². The van der Waals surface area contributed by atoms with E-state index in [0.717, 1.165) is 37.2 Å². The van der Waals surface area contributed by atoms with E-state index in [0.29, 0.717) is 6.61 Å². The minimum Gasteiger partial charge on any atom is -0.380 e. The summed E-state index contributed by atoms with van der Waals surface area (Å²) in [5.74, 6) is 0.0759. The van der Waals surface area contributed by atoms with E-state index in [2.05, 4.69) is 22.3 Å². The summed E-state index contributed by atoms with van der Waals surface area (Å²) in [6.07, 6.45) is 1.97. The Balaban J connectivity index is 1.68. The highest BCUT2D eigenvalue weighted by Crippen LogP contribution is 2.23. The highest BCUT2D eigenvalue weighted by atomic mass is 16.5. The van der Waals surface area contributed by atoms with Crippen molar-refractivity contribution in [2.75, 3.05) is 19.0 Å². The number of rotatable bonds is 6. The molecule has 0 radical (unpaired) electrons. The lowest BCUT2D eigenvalue weighted by molar-refractivity contribution is -0.120. The van der Waals surface area contributed by atoms with Crippen LogP contribution >= 0.6 is 0 Å². The molecule has 0 bridgehead atoms. The lowest BCUT2D eigenvalue weighted by Crippen LogP contribution is -2.39. The van der Waals surface area contributed by atoms with Crippen LogP contribution in [0.2, 0.25) is 0 Å². The number of hydrogen-bond acceptors (Lipinski definition) is 3. The van der Waals surface area contributed by atoms with Crippen molar-refractivity contribution >= 4 is 11.6 Å². The van der Waals surface area contributed by atoms with Gasteiger partial charge in [-0.2, -0.15) is 0 Å². The van der Waals surface area contributed by atoms with Crippen LogP contribution in [0.4, 0.5) is 5.69 Å². The molecule has 1 aliphatic heterocycles. The predicted molar refractivity (Wildman–Crippen MR) is 95.7 cm³/mol. The van der Waals surface area contributed by atoms with E-state index in [9.17, 15) is 4.79 Å². The fourth-order valence-electron chi connectivity index (χ4n) is 3.27. The highest BCUT2D eigenvalue weighted by molar-refractivity contribution is 5.95. The molecule has 1 unspecified atom stereocenters. The quantitative estimate of drug-likeness (QED) is 0.885. The molecule has 0 saturated carbocycles. The van der Waals surface area contributed by atoms with Crippen LogP contribution in [0.25, 0.3) is 0 Å². The van der Waals surface area contributed by atoms with Crippen LogP contribution in [0.15, 0.2) is 54.6 Å². The van der Waals surface area contributed by atoms with Gasteiger partial charge in [0.15, 0.2) is 0 Å². The Labute approximate surface area is 143 Å². The average molecular weight is 324 g/mol.